The largest absolute Gasteiger partial charge is 0.369 e. The fourth-order valence-corrected chi connectivity index (χ4v) is 3.72. The number of carbonyl (C=O) groups is 2. The van der Waals surface area contributed by atoms with Crippen molar-refractivity contribution >= 4 is 23.2 Å². The number of piperazine rings is 1. The highest BCUT2D eigenvalue weighted by Gasteiger charge is 2.43. The average molecular weight is 353 g/mol. The molecule has 2 aromatic rings. The Morgan fingerprint density at radius 1 is 0.846 bits per heavy atom. The molecule has 2 amide bonds. The van der Waals surface area contributed by atoms with Gasteiger partial charge in [0.25, 0.3) is 5.91 Å². The van der Waals surface area contributed by atoms with Gasteiger partial charge in [-0.2, -0.15) is 0 Å². The van der Waals surface area contributed by atoms with Gasteiger partial charge in [-0.3, -0.25) is 14.5 Å². The molecule has 0 N–H and O–H groups in total. The number of para-hydroxylation sites is 1. The van der Waals surface area contributed by atoms with Crippen LogP contribution in [-0.2, 0) is 9.59 Å². The third-order valence-electron chi connectivity index (χ3n) is 5.07. The Morgan fingerprint density at radius 3 is 2.23 bits per heavy atom. The Hall–Kier alpha value is -2.73. The van der Waals surface area contributed by atoms with E-state index in [-0.39, 0.29) is 18.2 Å². The lowest BCUT2D eigenvalue weighted by Crippen LogP contribution is -2.52. The maximum absolute atomic E-state index is 13.5. The summed E-state index contributed by atoms with van der Waals surface area (Å²) in [6.07, 6.45) is 0.153. The first-order valence-corrected chi connectivity index (χ1v) is 8.80. The number of rotatable bonds is 3. The first kappa shape index (κ1) is 16.7. The van der Waals surface area contributed by atoms with Gasteiger partial charge >= 0.3 is 0 Å². The summed E-state index contributed by atoms with van der Waals surface area (Å²) >= 11 is 0. The summed E-state index contributed by atoms with van der Waals surface area (Å²) in [4.78, 5) is 30.7. The quantitative estimate of drug-likeness (QED) is 0.794. The van der Waals surface area contributed by atoms with E-state index < -0.39 is 11.9 Å². The number of halogens is 1. The minimum Gasteiger partial charge on any atom is -0.369 e. The molecule has 0 bridgehead atoms. The van der Waals surface area contributed by atoms with Crippen LogP contribution in [-0.4, -0.2) is 48.9 Å². The SMILES string of the molecule is O=C1C[C@H](N2CCN(c3ccccc3)CC2)C(=O)N1c1cccc(F)c1. The van der Waals surface area contributed by atoms with Gasteiger partial charge in [-0.15, -0.1) is 0 Å². The van der Waals surface area contributed by atoms with Gasteiger partial charge in [-0.1, -0.05) is 24.3 Å². The lowest BCUT2D eigenvalue weighted by molar-refractivity contribution is -0.123. The number of amides is 2. The normalized spacial score (nSPS) is 21.5. The van der Waals surface area contributed by atoms with Crippen molar-refractivity contribution in [2.45, 2.75) is 12.5 Å². The van der Waals surface area contributed by atoms with Crippen LogP contribution >= 0.6 is 0 Å². The maximum Gasteiger partial charge on any atom is 0.251 e. The fraction of sp³-hybridized carbons (Fsp3) is 0.300. The van der Waals surface area contributed by atoms with Crippen molar-refractivity contribution in [2.24, 2.45) is 0 Å². The first-order valence-electron chi connectivity index (χ1n) is 8.80. The third-order valence-corrected chi connectivity index (χ3v) is 5.07. The van der Waals surface area contributed by atoms with Crippen LogP contribution in [0.4, 0.5) is 15.8 Å². The summed E-state index contributed by atoms with van der Waals surface area (Å²) in [7, 11) is 0. The number of carbonyl (C=O) groups excluding carboxylic acids is 2. The summed E-state index contributed by atoms with van der Waals surface area (Å²) in [6.45, 7) is 3.05. The minimum absolute atomic E-state index is 0.153. The van der Waals surface area contributed by atoms with Gasteiger partial charge in [0, 0.05) is 31.9 Å². The minimum atomic E-state index is -0.456. The number of benzene rings is 2. The zero-order chi connectivity index (χ0) is 18.1. The molecule has 2 aromatic carbocycles. The monoisotopic (exact) mass is 353 g/mol. The maximum atomic E-state index is 13.5. The highest BCUT2D eigenvalue weighted by Crippen LogP contribution is 2.27. The highest BCUT2D eigenvalue weighted by molar-refractivity contribution is 6.22. The Bertz CT molecular complexity index is 819. The highest BCUT2D eigenvalue weighted by atomic mass is 19.1. The predicted octanol–water partition coefficient (Wildman–Crippen LogP) is 2.28. The molecule has 5 nitrogen and oxygen atoms in total. The lowest BCUT2D eigenvalue weighted by atomic mass is 10.1. The van der Waals surface area contributed by atoms with E-state index in [1.165, 1.54) is 23.9 Å². The van der Waals surface area contributed by atoms with E-state index in [0.29, 0.717) is 5.69 Å². The summed E-state index contributed by atoms with van der Waals surface area (Å²) in [5, 5.41) is 0. The van der Waals surface area contributed by atoms with Crippen LogP contribution < -0.4 is 9.80 Å². The van der Waals surface area contributed by atoms with Gasteiger partial charge in [-0.05, 0) is 30.3 Å². The van der Waals surface area contributed by atoms with Crippen LogP contribution in [0, 0.1) is 5.82 Å². The van der Waals surface area contributed by atoms with E-state index in [0.717, 1.165) is 31.1 Å². The molecule has 134 valence electrons. The summed E-state index contributed by atoms with van der Waals surface area (Å²) in [5.74, 6) is -0.979. The fourth-order valence-electron chi connectivity index (χ4n) is 3.72. The van der Waals surface area contributed by atoms with Gasteiger partial charge in [0.05, 0.1) is 18.2 Å². The Morgan fingerprint density at radius 2 is 1.54 bits per heavy atom. The molecule has 2 saturated heterocycles. The van der Waals surface area contributed by atoms with Gasteiger partial charge in [0.15, 0.2) is 0 Å². The zero-order valence-electron chi connectivity index (χ0n) is 14.3. The van der Waals surface area contributed by atoms with Crippen LogP contribution in [0.1, 0.15) is 6.42 Å². The van der Waals surface area contributed by atoms with Gasteiger partial charge in [0.1, 0.15) is 5.82 Å². The van der Waals surface area contributed by atoms with Crippen LogP contribution in [0.3, 0.4) is 0 Å². The van der Waals surface area contributed by atoms with Crippen molar-refractivity contribution in [1.29, 1.82) is 0 Å². The van der Waals surface area contributed by atoms with Gasteiger partial charge < -0.3 is 4.90 Å². The van der Waals surface area contributed by atoms with E-state index in [9.17, 15) is 14.0 Å². The molecule has 6 heteroatoms. The van der Waals surface area contributed by atoms with Crippen molar-refractivity contribution in [1.82, 2.24) is 4.90 Å². The van der Waals surface area contributed by atoms with E-state index in [2.05, 4.69) is 21.9 Å². The number of hydrogen-bond acceptors (Lipinski definition) is 4. The molecule has 0 aromatic heterocycles. The number of nitrogens with zero attached hydrogens (tertiary/aromatic N) is 3. The molecule has 2 fully saturated rings. The molecule has 0 aliphatic carbocycles. The topological polar surface area (TPSA) is 43.9 Å². The van der Waals surface area contributed by atoms with Crippen LogP contribution in [0.2, 0.25) is 0 Å². The molecule has 0 spiro atoms. The molecule has 0 saturated carbocycles. The second-order valence-electron chi connectivity index (χ2n) is 6.63. The lowest BCUT2D eigenvalue weighted by Gasteiger charge is -2.38. The number of hydrogen-bond donors (Lipinski definition) is 0. The van der Waals surface area contributed by atoms with Crippen molar-refractivity contribution in [3.05, 3.63) is 60.4 Å². The Balaban J connectivity index is 1.45. The average Bonchev–Trinajstić information content (AvgIpc) is 2.97. The molecule has 2 aliphatic heterocycles. The van der Waals surface area contributed by atoms with Crippen molar-refractivity contribution in [3.8, 4) is 0 Å². The molecule has 26 heavy (non-hydrogen) atoms. The van der Waals surface area contributed by atoms with E-state index in [1.807, 2.05) is 18.2 Å². The second kappa shape index (κ2) is 6.88. The molecule has 2 aliphatic rings. The van der Waals surface area contributed by atoms with E-state index in [1.54, 1.807) is 6.07 Å². The summed E-state index contributed by atoms with van der Waals surface area (Å²) < 4.78 is 13.5. The third kappa shape index (κ3) is 3.08. The van der Waals surface area contributed by atoms with Crippen molar-refractivity contribution < 1.29 is 14.0 Å². The second-order valence-corrected chi connectivity index (χ2v) is 6.63. The molecule has 2 heterocycles. The molecule has 0 radical (unpaired) electrons. The molecular formula is C20H20FN3O2. The van der Waals surface area contributed by atoms with Crippen LogP contribution in [0.25, 0.3) is 0 Å². The number of anilines is 2. The Kier molecular flexibility index (Phi) is 4.42. The molecule has 0 unspecified atom stereocenters. The molecule has 4 rings (SSSR count). The van der Waals surface area contributed by atoms with Crippen molar-refractivity contribution in [3.63, 3.8) is 0 Å². The molecular weight excluding hydrogens is 333 g/mol. The summed E-state index contributed by atoms with van der Waals surface area (Å²) in [6, 6.07) is 15.3. The zero-order valence-corrected chi connectivity index (χ0v) is 14.3. The predicted molar refractivity (Wildman–Crippen MR) is 97.5 cm³/mol. The smallest absolute Gasteiger partial charge is 0.251 e. The van der Waals surface area contributed by atoms with Crippen LogP contribution in [0.15, 0.2) is 54.6 Å². The van der Waals surface area contributed by atoms with Crippen molar-refractivity contribution in [2.75, 3.05) is 36.0 Å². The van der Waals surface area contributed by atoms with Crippen LogP contribution in [0.5, 0.6) is 0 Å². The van der Waals surface area contributed by atoms with E-state index in [4.69, 9.17) is 0 Å². The standard InChI is InChI=1S/C20H20FN3O2/c21-15-5-4-8-17(13-15)24-19(25)14-18(20(24)26)23-11-9-22(10-12-23)16-6-2-1-3-7-16/h1-8,13,18H,9-12,14H2/t18-/m0/s1. The first-order chi connectivity index (χ1) is 12.6. The number of imide groups is 1. The van der Waals surface area contributed by atoms with Gasteiger partial charge in [-0.25, -0.2) is 9.29 Å². The molecule has 1 atom stereocenters. The van der Waals surface area contributed by atoms with E-state index >= 15 is 0 Å². The Labute approximate surface area is 151 Å². The van der Waals surface area contributed by atoms with Gasteiger partial charge in [0.2, 0.25) is 5.91 Å². The summed E-state index contributed by atoms with van der Waals surface area (Å²) in [5.41, 5.74) is 1.48.